The molecule has 1 aromatic rings. The van der Waals surface area contributed by atoms with Crippen molar-refractivity contribution in [3.05, 3.63) is 6.07 Å². The lowest BCUT2D eigenvalue weighted by atomic mass is 10.3. The van der Waals surface area contributed by atoms with Crippen molar-refractivity contribution in [1.29, 1.82) is 0 Å². The Bertz CT molecular complexity index is 452. The molecule has 1 saturated heterocycles. The Labute approximate surface area is 118 Å². The number of hydrogen-bond acceptors (Lipinski definition) is 6. The van der Waals surface area contributed by atoms with Crippen LogP contribution >= 0.6 is 0 Å². The standard InChI is InChI=1S/C13H20N4O3/c1-9(12(18)17-6-4-5-7-17)14-13-15-10(19-2)8-11(16-13)20-3/h8-9H,4-7H2,1-3H3,(H,14,15,16). The molecule has 1 aliphatic heterocycles. The molecule has 0 aliphatic carbocycles. The first-order valence-electron chi connectivity index (χ1n) is 6.66. The summed E-state index contributed by atoms with van der Waals surface area (Å²) in [5, 5.41) is 2.99. The molecule has 7 heteroatoms. The summed E-state index contributed by atoms with van der Waals surface area (Å²) in [6.07, 6.45) is 2.14. The van der Waals surface area contributed by atoms with Crippen LogP contribution in [0.25, 0.3) is 0 Å². The number of methoxy groups -OCH3 is 2. The third-order valence-corrected chi connectivity index (χ3v) is 3.23. The highest BCUT2D eigenvalue weighted by atomic mass is 16.5. The second-order valence-corrected chi connectivity index (χ2v) is 4.67. The predicted octanol–water partition coefficient (Wildman–Crippen LogP) is 0.917. The molecule has 110 valence electrons. The molecule has 20 heavy (non-hydrogen) atoms. The molecule has 1 fully saturated rings. The molecule has 0 saturated carbocycles. The van der Waals surface area contributed by atoms with Gasteiger partial charge < -0.3 is 19.7 Å². The van der Waals surface area contributed by atoms with Crippen LogP contribution in [0.2, 0.25) is 0 Å². The number of carbonyl (C=O) groups is 1. The van der Waals surface area contributed by atoms with E-state index in [9.17, 15) is 4.79 Å². The summed E-state index contributed by atoms with van der Waals surface area (Å²) in [6, 6.07) is 1.20. The first-order valence-corrected chi connectivity index (χ1v) is 6.66. The van der Waals surface area contributed by atoms with Crippen LogP contribution in [-0.2, 0) is 4.79 Å². The van der Waals surface area contributed by atoms with E-state index in [1.54, 1.807) is 13.0 Å². The maximum absolute atomic E-state index is 12.2. The smallest absolute Gasteiger partial charge is 0.244 e. The fourth-order valence-electron chi connectivity index (χ4n) is 2.14. The third kappa shape index (κ3) is 3.28. The van der Waals surface area contributed by atoms with Crippen LogP contribution in [-0.4, -0.2) is 54.1 Å². The van der Waals surface area contributed by atoms with Crippen molar-refractivity contribution in [3.63, 3.8) is 0 Å². The molecule has 0 spiro atoms. The molecule has 0 bridgehead atoms. The van der Waals surface area contributed by atoms with E-state index < -0.39 is 0 Å². The van der Waals surface area contributed by atoms with Gasteiger partial charge in [-0.05, 0) is 19.8 Å². The highest BCUT2D eigenvalue weighted by Gasteiger charge is 2.23. The Morgan fingerprint density at radius 3 is 2.30 bits per heavy atom. The van der Waals surface area contributed by atoms with Crippen molar-refractivity contribution < 1.29 is 14.3 Å². The summed E-state index contributed by atoms with van der Waals surface area (Å²) in [4.78, 5) is 22.4. The fourth-order valence-corrected chi connectivity index (χ4v) is 2.14. The number of likely N-dealkylation sites (tertiary alicyclic amines) is 1. The van der Waals surface area contributed by atoms with Gasteiger partial charge in [-0.1, -0.05) is 0 Å². The summed E-state index contributed by atoms with van der Waals surface area (Å²) in [7, 11) is 3.04. The molecule has 7 nitrogen and oxygen atoms in total. The first kappa shape index (κ1) is 14.4. The number of anilines is 1. The molecule has 0 radical (unpaired) electrons. The largest absolute Gasteiger partial charge is 0.481 e. The van der Waals surface area contributed by atoms with Gasteiger partial charge in [-0.15, -0.1) is 0 Å². The van der Waals surface area contributed by atoms with Crippen molar-refractivity contribution in [3.8, 4) is 11.8 Å². The topological polar surface area (TPSA) is 76.6 Å². The van der Waals surface area contributed by atoms with Crippen molar-refractivity contribution >= 4 is 11.9 Å². The molecule has 2 heterocycles. The van der Waals surface area contributed by atoms with Gasteiger partial charge in [-0.25, -0.2) is 0 Å². The Kier molecular flexibility index (Phi) is 4.60. The summed E-state index contributed by atoms with van der Waals surface area (Å²) >= 11 is 0. The Balaban J connectivity index is 2.06. The number of hydrogen-bond donors (Lipinski definition) is 1. The van der Waals surface area contributed by atoms with E-state index in [4.69, 9.17) is 9.47 Å². The summed E-state index contributed by atoms with van der Waals surface area (Å²) in [5.41, 5.74) is 0. The maximum Gasteiger partial charge on any atom is 0.244 e. The van der Waals surface area contributed by atoms with Gasteiger partial charge in [0, 0.05) is 13.1 Å². The van der Waals surface area contributed by atoms with Crippen LogP contribution < -0.4 is 14.8 Å². The lowest BCUT2D eigenvalue weighted by Gasteiger charge is -2.21. The Morgan fingerprint density at radius 2 is 1.80 bits per heavy atom. The minimum Gasteiger partial charge on any atom is -0.481 e. The fraction of sp³-hybridized carbons (Fsp3) is 0.615. The number of nitrogens with zero attached hydrogens (tertiary/aromatic N) is 3. The van der Waals surface area contributed by atoms with Crippen LogP contribution in [0.15, 0.2) is 6.07 Å². The molecule has 1 aliphatic rings. The second-order valence-electron chi connectivity index (χ2n) is 4.67. The number of ether oxygens (including phenoxy) is 2. The van der Waals surface area contributed by atoms with Crippen molar-refractivity contribution in [1.82, 2.24) is 14.9 Å². The van der Waals surface area contributed by atoms with Gasteiger partial charge in [-0.3, -0.25) is 4.79 Å². The maximum atomic E-state index is 12.2. The van der Waals surface area contributed by atoms with Gasteiger partial charge in [0.1, 0.15) is 6.04 Å². The van der Waals surface area contributed by atoms with Crippen LogP contribution in [0.3, 0.4) is 0 Å². The quantitative estimate of drug-likeness (QED) is 0.864. The zero-order valence-corrected chi connectivity index (χ0v) is 12.0. The molecular formula is C13H20N4O3. The highest BCUT2D eigenvalue weighted by Crippen LogP contribution is 2.18. The van der Waals surface area contributed by atoms with Gasteiger partial charge in [0.25, 0.3) is 0 Å². The number of aromatic nitrogens is 2. The van der Waals surface area contributed by atoms with E-state index in [0.717, 1.165) is 25.9 Å². The minimum atomic E-state index is -0.384. The third-order valence-electron chi connectivity index (χ3n) is 3.23. The van der Waals surface area contributed by atoms with E-state index >= 15 is 0 Å². The molecule has 1 aromatic heterocycles. The Hall–Kier alpha value is -2.05. The molecule has 2 rings (SSSR count). The number of amides is 1. The van der Waals surface area contributed by atoms with Gasteiger partial charge >= 0.3 is 0 Å². The van der Waals surface area contributed by atoms with E-state index in [1.165, 1.54) is 14.2 Å². The average Bonchev–Trinajstić information content (AvgIpc) is 3.00. The van der Waals surface area contributed by atoms with Crippen LogP contribution in [0, 0.1) is 0 Å². The SMILES string of the molecule is COc1cc(OC)nc(NC(C)C(=O)N2CCCC2)n1. The number of nitrogens with one attached hydrogen (secondary N) is 1. The molecule has 1 amide bonds. The number of rotatable bonds is 5. The lowest BCUT2D eigenvalue weighted by molar-refractivity contribution is -0.130. The van der Waals surface area contributed by atoms with Crippen molar-refractivity contribution in [2.45, 2.75) is 25.8 Å². The lowest BCUT2D eigenvalue weighted by Crippen LogP contribution is -2.40. The summed E-state index contributed by atoms with van der Waals surface area (Å²) in [5.74, 6) is 1.16. The van der Waals surface area contributed by atoms with Gasteiger partial charge in [0.2, 0.25) is 23.6 Å². The van der Waals surface area contributed by atoms with E-state index in [0.29, 0.717) is 17.7 Å². The minimum absolute atomic E-state index is 0.0629. The van der Waals surface area contributed by atoms with E-state index in [1.807, 2.05) is 4.90 Å². The van der Waals surface area contributed by atoms with Gasteiger partial charge in [0.05, 0.1) is 20.3 Å². The summed E-state index contributed by atoms with van der Waals surface area (Å²) in [6.45, 7) is 3.45. The monoisotopic (exact) mass is 280 g/mol. The van der Waals surface area contributed by atoms with E-state index in [2.05, 4.69) is 15.3 Å². The first-order chi connectivity index (χ1) is 9.63. The molecular weight excluding hydrogens is 260 g/mol. The molecule has 1 N–H and O–H groups in total. The second kappa shape index (κ2) is 6.40. The van der Waals surface area contributed by atoms with Gasteiger partial charge in [0.15, 0.2) is 0 Å². The Morgan fingerprint density at radius 1 is 1.25 bits per heavy atom. The van der Waals surface area contributed by atoms with Crippen LogP contribution in [0.4, 0.5) is 5.95 Å². The predicted molar refractivity (Wildman–Crippen MR) is 74.0 cm³/mol. The van der Waals surface area contributed by atoms with Crippen molar-refractivity contribution in [2.75, 3.05) is 32.6 Å². The van der Waals surface area contributed by atoms with Crippen LogP contribution in [0.1, 0.15) is 19.8 Å². The van der Waals surface area contributed by atoms with Gasteiger partial charge in [-0.2, -0.15) is 9.97 Å². The zero-order chi connectivity index (χ0) is 14.5. The normalized spacial score (nSPS) is 15.8. The number of carbonyl (C=O) groups excluding carboxylic acids is 1. The van der Waals surface area contributed by atoms with Crippen molar-refractivity contribution in [2.24, 2.45) is 0 Å². The van der Waals surface area contributed by atoms with Crippen LogP contribution in [0.5, 0.6) is 11.8 Å². The summed E-state index contributed by atoms with van der Waals surface area (Å²) < 4.78 is 10.1. The van der Waals surface area contributed by atoms with E-state index in [-0.39, 0.29) is 11.9 Å². The zero-order valence-electron chi connectivity index (χ0n) is 12.0. The highest BCUT2D eigenvalue weighted by molar-refractivity contribution is 5.84. The average molecular weight is 280 g/mol. The molecule has 0 aromatic carbocycles. The molecule has 1 atom stereocenters. The molecule has 1 unspecified atom stereocenters.